The van der Waals surface area contributed by atoms with E-state index in [9.17, 15) is 9.59 Å². The Morgan fingerprint density at radius 3 is 2.94 bits per heavy atom. The monoisotopic (exact) mass is 236 g/mol. The van der Waals surface area contributed by atoms with Crippen LogP contribution < -0.4 is 0 Å². The average molecular weight is 236 g/mol. The highest BCUT2D eigenvalue weighted by molar-refractivity contribution is 8.01. The second-order valence-electron chi connectivity index (χ2n) is 3.93. The first-order valence-electron chi connectivity index (χ1n) is 5.05. The van der Waals surface area contributed by atoms with Crippen LogP contribution in [0.2, 0.25) is 0 Å². The summed E-state index contributed by atoms with van der Waals surface area (Å²) in [5, 5.41) is 8.49. The third-order valence-electron chi connectivity index (χ3n) is 2.66. The van der Waals surface area contributed by atoms with E-state index in [1.807, 2.05) is 25.1 Å². The van der Waals surface area contributed by atoms with Crippen LogP contribution in [0.4, 0.5) is 0 Å². The van der Waals surface area contributed by atoms with Gasteiger partial charge in [-0.2, -0.15) is 0 Å². The number of benzene rings is 1. The number of aliphatic carboxylic acids is 1. The number of rotatable bonds is 1. The van der Waals surface area contributed by atoms with Gasteiger partial charge in [0.15, 0.2) is 5.78 Å². The van der Waals surface area contributed by atoms with Crippen molar-refractivity contribution in [3.05, 3.63) is 34.9 Å². The molecule has 0 aromatic heterocycles. The zero-order valence-electron chi connectivity index (χ0n) is 8.90. The summed E-state index contributed by atoms with van der Waals surface area (Å²) in [6, 6.07) is 5.63. The molecule has 84 valence electrons. The zero-order valence-corrected chi connectivity index (χ0v) is 9.71. The second-order valence-corrected chi connectivity index (χ2v) is 5.12. The standard InChI is InChI=1S/C12H12O3S/c1-7-2-3-8-5-11(12(14)15)16-6-10(13)9(8)4-7/h2-4,11H,5-6H2,1H3,(H,14,15). The van der Waals surface area contributed by atoms with Gasteiger partial charge in [0, 0.05) is 5.56 Å². The molecule has 1 unspecified atom stereocenters. The molecule has 1 aliphatic heterocycles. The molecule has 0 amide bonds. The van der Waals surface area contributed by atoms with Gasteiger partial charge in [-0.15, -0.1) is 11.8 Å². The number of aryl methyl sites for hydroxylation is 1. The Morgan fingerprint density at radius 2 is 2.25 bits per heavy atom. The summed E-state index contributed by atoms with van der Waals surface area (Å²) < 4.78 is 0. The number of carbonyl (C=O) groups excluding carboxylic acids is 1. The van der Waals surface area contributed by atoms with E-state index in [1.165, 1.54) is 11.8 Å². The molecule has 0 spiro atoms. The Bertz CT molecular complexity index is 454. The number of thioether (sulfide) groups is 1. The van der Waals surface area contributed by atoms with E-state index in [2.05, 4.69) is 0 Å². The van der Waals surface area contributed by atoms with E-state index >= 15 is 0 Å². The van der Waals surface area contributed by atoms with Crippen molar-refractivity contribution < 1.29 is 14.7 Å². The van der Waals surface area contributed by atoms with Gasteiger partial charge in [0.05, 0.1) is 5.75 Å². The number of hydrogen-bond donors (Lipinski definition) is 1. The molecule has 0 saturated carbocycles. The van der Waals surface area contributed by atoms with Gasteiger partial charge in [0.1, 0.15) is 5.25 Å². The maximum atomic E-state index is 11.8. The highest BCUT2D eigenvalue weighted by atomic mass is 32.2. The Labute approximate surface area is 97.9 Å². The van der Waals surface area contributed by atoms with Crippen LogP contribution in [-0.2, 0) is 11.2 Å². The van der Waals surface area contributed by atoms with Crippen molar-refractivity contribution in [2.75, 3.05) is 5.75 Å². The Hall–Kier alpha value is -1.29. The maximum Gasteiger partial charge on any atom is 0.316 e. The fourth-order valence-corrected chi connectivity index (χ4v) is 2.75. The topological polar surface area (TPSA) is 54.4 Å². The minimum absolute atomic E-state index is 0.0347. The van der Waals surface area contributed by atoms with Gasteiger partial charge < -0.3 is 5.11 Å². The number of carboxylic acids is 1. The first kappa shape index (κ1) is 11.2. The van der Waals surface area contributed by atoms with Gasteiger partial charge in [-0.25, -0.2) is 0 Å². The molecule has 16 heavy (non-hydrogen) atoms. The lowest BCUT2D eigenvalue weighted by Crippen LogP contribution is -2.18. The number of Topliss-reactive ketones (excluding diaryl/α,β-unsaturated/α-hetero) is 1. The van der Waals surface area contributed by atoms with Crippen molar-refractivity contribution in [1.82, 2.24) is 0 Å². The molecule has 1 atom stereocenters. The van der Waals surface area contributed by atoms with Crippen molar-refractivity contribution in [2.45, 2.75) is 18.6 Å². The first-order valence-corrected chi connectivity index (χ1v) is 6.10. The quantitative estimate of drug-likeness (QED) is 0.809. The van der Waals surface area contributed by atoms with Crippen LogP contribution in [0, 0.1) is 6.92 Å². The Balaban J connectivity index is 2.41. The van der Waals surface area contributed by atoms with Crippen LogP contribution in [0.1, 0.15) is 21.5 Å². The van der Waals surface area contributed by atoms with E-state index in [1.54, 1.807) is 0 Å². The van der Waals surface area contributed by atoms with Crippen LogP contribution in [0.25, 0.3) is 0 Å². The van der Waals surface area contributed by atoms with Gasteiger partial charge in [0.2, 0.25) is 0 Å². The number of carboxylic acid groups (broad SMARTS) is 1. The smallest absolute Gasteiger partial charge is 0.316 e. The summed E-state index contributed by atoms with van der Waals surface area (Å²) >= 11 is 1.21. The third-order valence-corrected chi connectivity index (χ3v) is 3.86. The van der Waals surface area contributed by atoms with Crippen LogP contribution >= 0.6 is 11.8 Å². The van der Waals surface area contributed by atoms with Gasteiger partial charge in [-0.3, -0.25) is 9.59 Å². The zero-order chi connectivity index (χ0) is 11.7. The molecule has 0 saturated heterocycles. The molecule has 4 heteroatoms. The van der Waals surface area contributed by atoms with E-state index in [0.29, 0.717) is 12.0 Å². The lowest BCUT2D eigenvalue weighted by atomic mass is 9.98. The summed E-state index contributed by atoms with van der Waals surface area (Å²) in [6.07, 6.45) is 0.432. The number of hydrogen-bond acceptors (Lipinski definition) is 3. The van der Waals surface area contributed by atoms with Gasteiger partial charge in [0.25, 0.3) is 0 Å². The summed E-state index contributed by atoms with van der Waals surface area (Å²) in [4.78, 5) is 22.8. The largest absolute Gasteiger partial charge is 0.480 e. The molecule has 1 aromatic rings. The fraction of sp³-hybridized carbons (Fsp3) is 0.333. The molecule has 3 nitrogen and oxygen atoms in total. The lowest BCUT2D eigenvalue weighted by Gasteiger charge is -2.08. The molecule has 1 heterocycles. The van der Waals surface area contributed by atoms with Crippen LogP contribution in [0.5, 0.6) is 0 Å². The Kier molecular flexibility index (Phi) is 3.01. The minimum Gasteiger partial charge on any atom is -0.480 e. The van der Waals surface area contributed by atoms with Crippen LogP contribution in [0.15, 0.2) is 18.2 Å². The van der Waals surface area contributed by atoms with E-state index in [4.69, 9.17) is 5.11 Å². The normalized spacial score (nSPS) is 20.1. The Morgan fingerprint density at radius 1 is 1.50 bits per heavy atom. The molecule has 1 aromatic carbocycles. The van der Waals surface area contributed by atoms with Crippen LogP contribution in [0.3, 0.4) is 0 Å². The van der Waals surface area contributed by atoms with Crippen LogP contribution in [-0.4, -0.2) is 27.9 Å². The van der Waals surface area contributed by atoms with Gasteiger partial charge >= 0.3 is 5.97 Å². The van der Waals surface area contributed by atoms with Crippen molar-refractivity contribution in [2.24, 2.45) is 0 Å². The average Bonchev–Trinajstić information content (AvgIpc) is 2.39. The molecule has 0 radical (unpaired) electrons. The lowest BCUT2D eigenvalue weighted by molar-refractivity contribution is -0.136. The number of ketones is 1. The molecule has 1 N–H and O–H groups in total. The van der Waals surface area contributed by atoms with Gasteiger partial charge in [-0.05, 0) is 25.0 Å². The van der Waals surface area contributed by atoms with Crippen molar-refractivity contribution in [3.8, 4) is 0 Å². The number of fused-ring (bicyclic) bond motifs is 1. The minimum atomic E-state index is -0.841. The number of carbonyl (C=O) groups is 2. The highest BCUT2D eigenvalue weighted by Gasteiger charge is 2.26. The van der Waals surface area contributed by atoms with E-state index < -0.39 is 11.2 Å². The summed E-state index contributed by atoms with van der Waals surface area (Å²) in [5.41, 5.74) is 2.58. The first-order chi connectivity index (χ1) is 7.58. The van der Waals surface area contributed by atoms with Gasteiger partial charge in [-0.1, -0.05) is 17.7 Å². The van der Waals surface area contributed by atoms with E-state index in [0.717, 1.165) is 11.1 Å². The SMILES string of the molecule is Cc1ccc2c(c1)C(=O)CSC(C(=O)O)C2. The molecular formula is C12H12O3S. The van der Waals surface area contributed by atoms with Crippen molar-refractivity contribution in [3.63, 3.8) is 0 Å². The maximum absolute atomic E-state index is 11.8. The summed E-state index contributed by atoms with van der Waals surface area (Å²) in [7, 11) is 0. The predicted molar refractivity (Wildman–Crippen MR) is 63.1 cm³/mol. The molecule has 1 aliphatic rings. The van der Waals surface area contributed by atoms with Crippen molar-refractivity contribution >= 4 is 23.5 Å². The van der Waals surface area contributed by atoms with E-state index in [-0.39, 0.29) is 11.5 Å². The highest BCUT2D eigenvalue weighted by Crippen LogP contribution is 2.26. The second kappa shape index (κ2) is 4.29. The summed E-state index contributed by atoms with van der Waals surface area (Å²) in [5.74, 6) is -0.549. The molecule has 0 fully saturated rings. The molecular weight excluding hydrogens is 224 g/mol. The molecule has 0 aliphatic carbocycles. The predicted octanol–water partition coefficient (Wildman–Crippen LogP) is 1.92. The molecule has 2 rings (SSSR count). The molecule has 0 bridgehead atoms. The third kappa shape index (κ3) is 2.11. The fourth-order valence-electron chi connectivity index (χ4n) is 1.80. The van der Waals surface area contributed by atoms with Crippen molar-refractivity contribution in [1.29, 1.82) is 0 Å². The summed E-state index contributed by atoms with van der Waals surface area (Å²) in [6.45, 7) is 1.93.